The summed E-state index contributed by atoms with van der Waals surface area (Å²) in [6.45, 7) is 3.46. The third-order valence-corrected chi connectivity index (χ3v) is 3.30. The maximum absolute atomic E-state index is 12.0. The number of Topliss-reactive ketones (excluding diaryl/α,β-unsaturated/α-hetero) is 1. The minimum Gasteiger partial charge on any atom is -0.468 e. The molecule has 0 saturated carbocycles. The van der Waals surface area contributed by atoms with E-state index in [1.165, 1.54) is 6.92 Å². The maximum atomic E-state index is 12.0. The monoisotopic (exact) mass is 332 g/mol. The van der Waals surface area contributed by atoms with E-state index in [1.807, 2.05) is 6.92 Å². The Hall–Kier alpha value is -1.96. The van der Waals surface area contributed by atoms with Crippen LogP contribution < -0.4 is 0 Å². The zero-order chi connectivity index (χ0) is 18.0. The standard InChI is InChI=1S/C15H24O8/c1-5-7-8-23-11(17)9-15(20,14(19)22-4)12(10(16)6-2)13(18)21-3/h12,20H,5-9H2,1-4H3. The van der Waals surface area contributed by atoms with E-state index in [0.29, 0.717) is 6.42 Å². The van der Waals surface area contributed by atoms with Gasteiger partial charge >= 0.3 is 17.9 Å². The third kappa shape index (κ3) is 5.63. The molecular formula is C15H24O8. The van der Waals surface area contributed by atoms with Gasteiger partial charge in [0.15, 0.2) is 11.5 Å². The van der Waals surface area contributed by atoms with E-state index in [9.17, 15) is 24.3 Å². The Morgan fingerprint density at radius 3 is 2.13 bits per heavy atom. The highest BCUT2D eigenvalue weighted by molar-refractivity contribution is 6.06. The molecule has 0 bridgehead atoms. The molecule has 0 spiro atoms. The first kappa shape index (κ1) is 21.0. The van der Waals surface area contributed by atoms with Crippen molar-refractivity contribution in [2.24, 2.45) is 5.92 Å². The van der Waals surface area contributed by atoms with Crippen molar-refractivity contribution >= 4 is 23.7 Å². The quantitative estimate of drug-likeness (QED) is 0.264. The molecule has 0 radical (unpaired) electrons. The van der Waals surface area contributed by atoms with E-state index in [2.05, 4.69) is 9.47 Å². The van der Waals surface area contributed by atoms with Gasteiger partial charge in [-0.25, -0.2) is 4.79 Å². The summed E-state index contributed by atoms with van der Waals surface area (Å²) in [7, 11) is 1.98. The number of carbonyl (C=O) groups excluding carboxylic acids is 4. The van der Waals surface area contributed by atoms with Crippen molar-refractivity contribution in [2.75, 3.05) is 20.8 Å². The third-order valence-electron chi connectivity index (χ3n) is 3.30. The summed E-state index contributed by atoms with van der Waals surface area (Å²) in [5.41, 5.74) is -2.67. The van der Waals surface area contributed by atoms with Gasteiger partial charge < -0.3 is 19.3 Å². The maximum Gasteiger partial charge on any atom is 0.339 e. The van der Waals surface area contributed by atoms with Crippen LogP contribution in [-0.2, 0) is 33.4 Å². The van der Waals surface area contributed by atoms with Crippen molar-refractivity contribution in [3.8, 4) is 0 Å². The van der Waals surface area contributed by atoms with Crippen LogP contribution in [0.3, 0.4) is 0 Å². The summed E-state index contributed by atoms with van der Waals surface area (Å²) in [5.74, 6) is -5.91. The van der Waals surface area contributed by atoms with Gasteiger partial charge in [0, 0.05) is 6.42 Å². The molecule has 0 aliphatic heterocycles. The number of unbranched alkanes of at least 4 members (excludes halogenated alkanes) is 1. The highest BCUT2D eigenvalue weighted by atomic mass is 16.6. The first-order chi connectivity index (χ1) is 10.8. The van der Waals surface area contributed by atoms with E-state index in [0.717, 1.165) is 20.6 Å². The van der Waals surface area contributed by atoms with E-state index in [-0.39, 0.29) is 13.0 Å². The summed E-state index contributed by atoms with van der Waals surface area (Å²) in [5, 5.41) is 10.6. The van der Waals surface area contributed by atoms with E-state index in [4.69, 9.17) is 4.74 Å². The molecule has 0 saturated heterocycles. The number of methoxy groups -OCH3 is 2. The minimum atomic E-state index is -2.67. The average molecular weight is 332 g/mol. The van der Waals surface area contributed by atoms with Crippen LogP contribution in [0.1, 0.15) is 39.5 Å². The fourth-order valence-electron chi connectivity index (χ4n) is 1.98. The Bertz CT molecular complexity index is 429. The van der Waals surface area contributed by atoms with Gasteiger partial charge in [-0.3, -0.25) is 14.4 Å². The molecule has 0 aromatic carbocycles. The van der Waals surface area contributed by atoms with Crippen molar-refractivity contribution < 1.29 is 38.5 Å². The first-order valence-electron chi connectivity index (χ1n) is 7.35. The highest BCUT2D eigenvalue weighted by Gasteiger charge is 2.54. The van der Waals surface area contributed by atoms with Gasteiger partial charge in [0.1, 0.15) is 5.78 Å². The average Bonchev–Trinajstić information content (AvgIpc) is 2.53. The van der Waals surface area contributed by atoms with Gasteiger partial charge in [-0.1, -0.05) is 20.3 Å². The van der Waals surface area contributed by atoms with Gasteiger partial charge in [0.05, 0.1) is 27.2 Å². The smallest absolute Gasteiger partial charge is 0.339 e. The van der Waals surface area contributed by atoms with Gasteiger partial charge in [0.25, 0.3) is 0 Å². The van der Waals surface area contributed by atoms with Crippen LogP contribution in [0.15, 0.2) is 0 Å². The van der Waals surface area contributed by atoms with Gasteiger partial charge in [0.2, 0.25) is 0 Å². The number of hydrogen-bond acceptors (Lipinski definition) is 8. The number of carbonyl (C=O) groups is 4. The van der Waals surface area contributed by atoms with E-state index >= 15 is 0 Å². The van der Waals surface area contributed by atoms with E-state index < -0.39 is 41.6 Å². The number of ether oxygens (including phenoxy) is 3. The molecule has 0 heterocycles. The van der Waals surface area contributed by atoms with Crippen molar-refractivity contribution in [1.82, 2.24) is 0 Å². The van der Waals surface area contributed by atoms with Crippen molar-refractivity contribution in [3.63, 3.8) is 0 Å². The lowest BCUT2D eigenvalue weighted by molar-refractivity contribution is -0.185. The zero-order valence-electron chi connectivity index (χ0n) is 13.9. The lowest BCUT2D eigenvalue weighted by atomic mass is 9.80. The lowest BCUT2D eigenvalue weighted by Crippen LogP contribution is -2.54. The molecule has 0 fully saturated rings. The number of ketones is 1. The Balaban J connectivity index is 5.50. The molecule has 0 aliphatic carbocycles. The van der Waals surface area contributed by atoms with Crippen LogP contribution in [0, 0.1) is 5.92 Å². The molecule has 2 atom stereocenters. The highest BCUT2D eigenvalue weighted by Crippen LogP contribution is 2.27. The van der Waals surface area contributed by atoms with Gasteiger partial charge in [-0.15, -0.1) is 0 Å². The van der Waals surface area contributed by atoms with Crippen LogP contribution in [0.25, 0.3) is 0 Å². The lowest BCUT2D eigenvalue weighted by Gasteiger charge is -2.30. The molecule has 132 valence electrons. The minimum absolute atomic E-state index is 0.108. The Morgan fingerprint density at radius 2 is 1.70 bits per heavy atom. The Morgan fingerprint density at radius 1 is 1.09 bits per heavy atom. The fraction of sp³-hybridized carbons (Fsp3) is 0.733. The SMILES string of the molecule is CCCCOC(=O)CC(O)(C(=O)OC)C(C(=O)CC)C(=O)OC. The molecule has 8 heteroatoms. The summed E-state index contributed by atoms with van der Waals surface area (Å²) in [6.07, 6.45) is 0.378. The topological polar surface area (TPSA) is 116 Å². The van der Waals surface area contributed by atoms with Crippen molar-refractivity contribution in [3.05, 3.63) is 0 Å². The summed E-state index contributed by atoms with van der Waals surface area (Å²) in [6, 6.07) is 0. The molecule has 23 heavy (non-hydrogen) atoms. The fourth-order valence-corrected chi connectivity index (χ4v) is 1.98. The number of hydrogen-bond donors (Lipinski definition) is 1. The zero-order valence-corrected chi connectivity index (χ0v) is 13.9. The molecule has 0 amide bonds. The molecule has 2 unspecified atom stereocenters. The molecule has 0 aliphatic rings. The normalized spacial score (nSPS) is 14.3. The summed E-state index contributed by atoms with van der Waals surface area (Å²) < 4.78 is 13.8. The molecule has 0 aromatic rings. The van der Waals surface area contributed by atoms with Crippen molar-refractivity contribution in [1.29, 1.82) is 0 Å². The van der Waals surface area contributed by atoms with Crippen LogP contribution in [0.5, 0.6) is 0 Å². The van der Waals surface area contributed by atoms with Gasteiger partial charge in [-0.2, -0.15) is 0 Å². The predicted molar refractivity (Wildman–Crippen MR) is 78.3 cm³/mol. The second kappa shape index (κ2) is 9.94. The summed E-state index contributed by atoms with van der Waals surface area (Å²) >= 11 is 0. The van der Waals surface area contributed by atoms with Crippen molar-refractivity contribution in [2.45, 2.75) is 45.1 Å². The first-order valence-corrected chi connectivity index (χ1v) is 7.35. The van der Waals surface area contributed by atoms with Crippen LogP contribution in [0.2, 0.25) is 0 Å². The number of aliphatic hydroxyl groups is 1. The number of esters is 3. The molecule has 0 rings (SSSR count). The molecule has 0 aromatic heterocycles. The second-order valence-corrected chi connectivity index (χ2v) is 4.94. The van der Waals surface area contributed by atoms with Crippen LogP contribution in [-0.4, -0.2) is 55.2 Å². The Labute approximate surface area is 135 Å². The largest absolute Gasteiger partial charge is 0.468 e. The molecule has 1 N–H and O–H groups in total. The predicted octanol–water partition coefficient (Wildman–Crippen LogP) is 0.392. The number of rotatable bonds is 10. The van der Waals surface area contributed by atoms with E-state index in [1.54, 1.807) is 0 Å². The second-order valence-electron chi connectivity index (χ2n) is 4.94. The van der Waals surface area contributed by atoms with Crippen LogP contribution >= 0.6 is 0 Å². The molecular weight excluding hydrogens is 308 g/mol. The summed E-state index contributed by atoms with van der Waals surface area (Å²) in [4.78, 5) is 47.6. The molecule has 8 nitrogen and oxygen atoms in total. The van der Waals surface area contributed by atoms with Gasteiger partial charge in [-0.05, 0) is 6.42 Å². The Kier molecular flexibility index (Phi) is 9.09. The van der Waals surface area contributed by atoms with Crippen LogP contribution in [0.4, 0.5) is 0 Å².